The van der Waals surface area contributed by atoms with Gasteiger partial charge in [0.2, 0.25) is 0 Å². The molecule has 0 amide bonds. The van der Waals surface area contributed by atoms with Crippen LogP contribution in [-0.2, 0) is 6.42 Å². The molecule has 0 saturated carbocycles. The van der Waals surface area contributed by atoms with Crippen molar-refractivity contribution in [3.63, 3.8) is 0 Å². The molecule has 2 aromatic rings. The third-order valence-electron chi connectivity index (χ3n) is 2.36. The fourth-order valence-electron chi connectivity index (χ4n) is 1.51. The van der Waals surface area contributed by atoms with Gasteiger partial charge in [0, 0.05) is 18.0 Å². The predicted octanol–water partition coefficient (Wildman–Crippen LogP) is 2.05. The highest BCUT2D eigenvalue weighted by molar-refractivity contribution is 7.18. The molecule has 16 heavy (non-hydrogen) atoms. The van der Waals surface area contributed by atoms with E-state index in [1.807, 2.05) is 0 Å². The van der Waals surface area contributed by atoms with Gasteiger partial charge in [0.25, 0.3) is 0 Å². The van der Waals surface area contributed by atoms with Crippen molar-refractivity contribution in [1.29, 1.82) is 0 Å². The van der Waals surface area contributed by atoms with E-state index in [4.69, 9.17) is 5.11 Å². The standard InChI is InChI=1S/C11H15N3OS/c1-2-8-6-9-10(12-4-3-5-15)13-7-14-11(9)16-8/h6-7,15H,2-5H2,1H3,(H,12,13,14). The van der Waals surface area contributed by atoms with Crippen LogP contribution in [0, 0.1) is 0 Å². The van der Waals surface area contributed by atoms with Crippen LogP contribution in [0.1, 0.15) is 18.2 Å². The van der Waals surface area contributed by atoms with Gasteiger partial charge in [-0.1, -0.05) is 6.92 Å². The molecule has 2 aromatic heterocycles. The zero-order valence-corrected chi connectivity index (χ0v) is 10.0. The highest BCUT2D eigenvalue weighted by atomic mass is 32.1. The second kappa shape index (κ2) is 5.23. The zero-order valence-electron chi connectivity index (χ0n) is 9.23. The molecule has 2 heterocycles. The third-order valence-corrected chi connectivity index (χ3v) is 3.54. The SMILES string of the molecule is CCc1cc2c(NCCCO)ncnc2s1. The lowest BCUT2D eigenvalue weighted by Crippen LogP contribution is -2.05. The van der Waals surface area contributed by atoms with E-state index in [2.05, 4.69) is 28.3 Å². The molecular formula is C11H15N3OS. The number of thiophene rings is 1. The summed E-state index contributed by atoms with van der Waals surface area (Å²) < 4.78 is 0. The molecule has 0 radical (unpaired) electrons. The molecule has 0 bridgehead atoms. The lowest BCUT2D eigenvalue weighted by atomic mass is 10.3. The maximum Gasteiger partial charge on any atom is 0.138 e. The summed E-state index contributed by atoms with van der Waals surface area (Å²) in [5.74, 6) is 0.870. The van der Waals surface area contributed by atoms with Crippen LogP contribution in [0.3, 0.4) is 0 Å². The van der Waals surface area contributed by atoms with Gasteiger partial charge in [0.05, 0.1) is 5.39 Å². The molecular weight excluding hydrogens is 222 g/mol. The van der Waals surface area contributed by atoms with Crippen molar-refractivity contribution in [2.45, 2.75) is 19.8 Å². The Morgan fingerprint density at radius 2 is 2.31 bits per heavy atom. The summed E-state index contributed by atoms with van der Waals surface area (Å²) in [6, 6.07) is 2.14. The van der Waals surface area contributed by atoms with Crippen molar-refractivity contribution in [2.75, 3.05) is 18.5 Å². The van der Waals surface area contributed by atoms with Crippen molar-refractivity contribution in [3.8, 4) is 0 Å². The topological polar surface area (TPSA) is 58.0 Å². The highest BCUT2D eigenvalue weighted by Crippen LogP contribution is 2.28. The lowest BCUT2D eigenvalue weighted by Gasteiger charge is -2.04. The van der Waals surface area contributed by atoms with Crippen LogP contribution in [0.25, 0.3) is 10.2 Å². The minimum absolute atomic E-state index is 0.199. The highest BCUT2D eigenvalue weighted by Gasteiger charge is 2.06. The maximum absolute atomic E-state index is 8.73. The molecule has 2 N–H and O–H groups in total. The van der Waals surface area contributed by atoms with Crippen LogP contribution in [0.2, 0.25) is 0 Å². The van der Waals surface area contributed by atoms with Gasteiger partial charge in [-0.25, -0.2) is 9.97 Å². The fourth-order valence-corrected chi connectivity index (χ4v) is 2.44. The number of nitrogens with zero attached hydrogens (tertiary/aromatic N) is 2. The van der Waals surface area contributed by atoms with E-state index in [9.17, 15) is 0 Å². The molecule has 0 fully saturated rings. The number of aliphatic hydroxyl groups excluding tert-OH is 1. The summed E-state index contributed by atoms with van der Waals surface area (Å²) in [5, 5.41) is 13.0. The van der Waals surface area contributed by atoms with Crippen molar-refractivity contribution < 1.29 is 5.11 Å². The Balaban J connectivity index is 2.26. The van der Waals surface area contributed by atoms with E-state index < -0.39 is 0 Å². The Morgan fingerprint density at radius 3 is 3.06 bits per heavy atom. The number of aryl methyl sites for hydroxylation is 1. The lowest BCUT2D eigenvalue weighted by molar-refractivity contribution is 0.292. The Hall–Kier alpha value is -1.20. The van der Waals surface area contributed by atoms with Gasteiger partial charge in [-0.05, 0) is 18.9 Å². The molecule has 0 aromatic carbocycles. The van der Waals surface area contributed by atoms with Crippen LogP contribution in [-0.4, -0.2) is 28.2 Å². The van der Waals surface area contributed by atoms with Gasteiger partial charge in [-0.3, -0.25) is 0 Å². The largest absolute Gasteiger partial charge is 0.396 e. The average Bonchev–Trinajstić information content (AvgIpc) is 2.73. The first kappa shape index (κ1) is 11.3. The molecule has 0 unspecified atom stereocenters. The molecule has 0 aliphatic heterocycles. The molecule has 0 aliphatic rings. The number of aromatic nitrogens is 2. The predicted molar refractivity (Wildman–Crippen MR) is 67.0 cm³/mol. The van der Waals surface area contributed by atoms with Crippen LogP contribution in [0.5, 0.6) is 0 Å². The second-order valence-corrected chi connectivity index (χ2v) is 4.63. The van der Waals surface area contributed by atoms with E-state index in [-0.39, 0.29) is 6.61 Å². The molecule has 0 spiro atoms. The van der Waals surface area contributed by atoms with Crippen LogP contribution in [0.4, 0.5) is 5.82 Å². The molecule has 0 aliphatic carbocycles. The normalized spacial score (nSPS) is 10.9. The van der Waals surface area contributed by atoms with Crippen molar-refractivity contribution >= 4 is 27.4 Å². The fraction of sp³-hybridized carbons (Fsp3) is 0.455. The summed E-state index contributed by atoms with van der Waals surface area (Å²) >= 11 is 1.71. The van der Waals surface area contributed by atoms with E-state index in [0.29, 0.717) is 0 Å². The van der Waals surface area contributed by atoms with E-state index >= 15 is 0 Å². The molecule has 0 atom stereocenters. The van der Waals surface area contributed by atoms with Gasteiger partial charge in [0.1, 0.15) is 17.0 Å². The number of rotatable bonds is 5. The van der Waals surface area contributed by atoms with Crippen molar-refractivity contribution in [1.82, 2.24) is 9.97 Å². The quantitative estimate of drug-likeness (QED) is 0.781. The first-order valence-corrected chi connectivity index (χ1v) is 6.25. The molecule has 5 heteroatoms. The third kappa shape index (κ3) is 2.31. The van der Waals surface area contributed by atoms with Gasteiger partial charge in [-0.2, -0.15) is 0 Å². The monoisotopic (exact) mass is 237 g/mol. The number of hydrogen-bond donors (Lipinski definition) is 2. The Labute approximate surface area is 98.4 Å². The molecule has 4 nitrogen and oxygen atoms in total. The summed E-state index contributed by atoms with van der Waals surface area (Å²) in [4.78, 5) is 10.8. The van der Waals surface area contributed by atoms with Gasteiger partial charge < -0.3 is 10.4 Å². The number of aliphatic hydroxyl groups is 1. The summed E-state index contributed by atoms with van der Waals surface area (Å²) in [7, 11) is 0. The second-order valence-electron chi connectivity index (χ2n) is 3.51. The molecule has 2 rings (SSSR count). The van der Waals surface area contributed by atoms with Crippen LogP contribution >= 0.6 is 11.3 Å². The average molecular weight is 237 g/mol. The van der Waals surface area contributed by atoms with E-state index in [1.54, 1.807) is 17.7 Å². The van der Waals surface area contributed by atoms with Gasteiger partial charge in [0.15, 0.2) is 0 Å². The number of nitrogens with one attached hydrogen (secondary N) is 1. The smallest absolute Gasteiger partial charge is 0.138 e. The van der Waals surface area contributed by atoms with Gasteiger partial charge >= 0.3 is 0 Å². The Kier molecular flexibility index (Phi) is 3.69. The number of fused-ring (bicyclic) bond motifs is 1. The summed E-state index contributed by atoms with van der Waals surface area (Å²) in [6.07, 6.45) is 3.34. The zero-order chi connectivity index (χ0) is 11.4. The maximum atomic E-state index is 8.73. The molecule has 86 valence electrons. The Morgan fingerprint density at radius 1 is 1.44 bits per heavy atom. The molecule has 0 saturated heterocycles. The van der Waals surface area contributed by atoms with E-state index in [1.165, 1.54) is 4.88 Å². The van der Waals surface area contributed by atoms with Crippen LogP contribution in [0.15, 0.2) is 12.4 Å². The van der Waals surface area contributed by atoms with Crippen LogP contribution < -0.4 is 5.32 Å². The first-order chi connectivity index (χ1) is 7.85. The number of hydrogen-bond acceptors (Lipinski definition) is 5. The number of anilines is 1. The first-order valence-electron chi connectivity index (χ1n) is 5.43. The van der Waals surface area contributed by atoms with E-state index in [0.717, 1.165) is 35.4 Å². The minimum Gasteiger partial charge on any atom is -0.396 e. The van der Waals surface area contributed by atoms with Gasteiger partial charge in [-0.15, -0.1) is 11.3 Å². The summed E-state index contributed by atoms with van der Waals surface area (Å²) in [5.41, 5.74) is 0. The summed E-state index contributed by atoms with van der Waals surface area (Å²) in [6.45, 7) is 3.07. The minimum atomic E-state index is 0.199. The van der Waals surface area contributed by atoms with Crippen molar-refractivity contribution in [3.05, 3.63) is 17.3 Å². The van der Waals surface area contributed by atoms with Crippen molar-refractivity contribution in [2.24, 2.45) is 0 Å². The Bertz CT molecular complexity index is 469.